The van der Waals surface area contributed by atoms with Crippen LogP contribution < -0.4 is 5.73 Å². The lowest BCUT2D eigenvalue weighted by atomic mass is 9.78. The predicted octanol–water partition coefficient (Wildman–Crippen LogP) is 3.33. The van der Waals surface area contributed by atoms with Crippen molar-refractivity contribution in [2.24, 2.45) is 5.73 Å². The minimum Gasteiger partial charge on any atom is -0.330 e. The van der Waals surface area contributed by atoms with E-state index in [0.29, 0.717) is 0 Å². The van der Waals surface area contributed by atoms with Gasteiger partial charge in [0.1, 0.15) is 0 Å². The zero-order valence-electron chi connectivity index (χ0n) is 10.6. The van der Waals surface area contributed by atoms with Crippen molar-refractivity contribution in [3.05, 3.63) is 34.9 Å². The maximum Gasteiger partial charge on any atom is 0.00756 e. The molecule has 1 nitrogen and oxygen atoms in total. The molecule has 1 heteroatoms. The zero-order valence-corrected chi connectivity index (χ0v) is 10.6. The summed E-state index contributed by atoms with van der Waals surface area (Å²) in [5.74, 6) is 0. The molecule has 1 aliphatic rings. The van der Waals surface area contributed by atoms with E-state index in [1.54, 1.807) is 0 Å². The number of aryl methyl sites for hydroxylation is 2. The molecule has 16 heavy (non-hydrogen) atoms. The van der Waals surface area contributed by atoms with Gasteiger partial charge >= 0.3 is 0 Å². The molecule has 0 atom stereocenters. The first-order valence-electron chi connectivity index (χ1n) is 6.52. The van der Waals surface area contributed by atoms with E-state index in [1.807, 2.05) is 0 Å². The van der Waals surface area contributed by atoms with Crippen LogP contribution in [-0.4, -0.2) is 6.54 Å². The summed E-state index contributed by atoms with van der Waals surface area (Å²) in [6.45, 7) is 5.25. The Morgan fingerprint density at radius 2 is 1.94 bits per heavy atom. The molecule has 1 aromatic carbocycles. The second-order valence-corrected chi connectivity index (χ2v) is 5.19. The Bertz CT molecular complexity index is 362. The van der Waals surface area contributed by atoms with Crippen molar-refractivity contribution in [3.8, 4) is 0 Å². The zero-order chi connectivity index (χ0) is 11.6. The molecule has 0 bridgehead atoms. The van der Waals surface area contributed by atoms with E-state index in [4.69, 9.17) is 5.73 Å². The first kappa shape index (κ1) is 11.7. The highest BCUT2D eigenvalue weighted by atomic mass is 14.6. The summed E-state index contributed by atoms with van der Waals surface area (Å²) >= 11 is 0. The number of benzene rings is 1. The number of hydrogen-bond acceptors (Lipinski definition) is 1. The minimum atomic E-state index is 0.289. The van der Waals surface area contributed by atoms with E-state index in [9.17, 15) is 0 Å². The third-order valence-electron chi connectivity index (χ3n) is 4.29. The summed E-state index contributed by atoms with van der Waals surface area (Å²) in [4.78, 5) is 0. The SMILES string of the molecule is CCc1ccc(C2(CN)CCCC2)cc1C. The Labute approximate surface area is 99.0 Å². The fraction of sp³-hybridized carbons (Fsp3) is 0.600. The van der Waals surface area contributed by atoms with Gasteiger partial charge in [-0.15, -0.1) is 0 Å². The maximum atomic E-state index is 6.02. The standard InChI is InChI=1S/C15H23N/c1-3-13-6-7-14(10-12(13)2)15(11-16)8-4-5-9-15/h6-7,10H,3-5,8-9,11,16H2,1-2H3. The van der Waals surface area contributed by atoms with Crippen LogP contribution in [0.15, 0.2) is 18.2 Å². The van der Waals surface area contributed by atoms with Crippen LogP contribution in [0.25, 0.3) is 0 Å². The van der Waals surface area contributed by atoms with Gasteiger partial charge < -0.3 is 5.73 Å². The summed E-state index contributed by atoms with van der Waals surface area (Å²) < 4.78 is 0. The molecule has 0 amide bonds. The van der Waals surface area contributed by atoms with Crippen molar-refractivity contribution in [2.45, 2.75) is 51.4 Å². The van der Waals surface area contributed by atoms with Crippen molar-refractivity contribution < 1.29 is 0 Å². The predicted molar refractivity (Wildman–Crippen MR) is 69.8 cm³/mol. The Hall–Kier alpha value is -0.820. The van der Waals surface area contributed by atoms with Gasteiger partial charge in [0.15, 0.2) is 0 Å². The normalized spacial score (nSPS) is 18.9. The van der Waals surface area contributed by atoms with Crippen molar-refractivity contribution >= 4 is 0 Å². The Morgan fingerprint density at radius 3 is 2.44 bits per heavy atom. The molecular formula is C15H23N. The Morgan fingerprint density at radius 1 is 1.25 bits per heavy atom. The van der Waals surface area contributed by atoms with Crippen LogP contribution in [0.5, 0.6) is 0 Å². The van der Waals surface area contributed by atoms with Gasteiger partial charge in [-0.2, -0.15) is 0 Å². The van der Waals surface area contributed by atoms with Crippen LogP contribution >= 0.6 is 0 Å². The average molecular weight is 217 g/mol. The van der Waals surface area contributed by atoms with E-state index in [2.05, 4.69) is 32.0 Å². The summed E-state index contributed by atoms with van der Waals surface area (Å²) in [5.41, 5.74) is 10.7. The van der Waals surface area contributed by atoms with Crippen LogP contribution in [0, 0.1) is 6.92 Å². The van der Waals surface area contributed by atoms with Gasteiger partial charge in [-0.05, 0) is 42.9 Å². The largest absolute Gasteiger partial charge is 0.330 e. The molecule has 0 aromatic heterocycles. The van der Waals surface area contributed by atoms with E-state index < -0.39 is 0 Å². The minimum absolute atomic E-state index is 0.289. The molecule has 0 unspecified atom stereocenters. The summed E-state index contributed by atoms with van der Waals surface area (Å²) in [6, 6.07) is 6.97. The average Bonchev–Trinajstić information content (AvgIpc) is 2.78. The fourth-order valence-corrected chi connectivity index (χ4v) is 3.08. The molecule has 2 N–H and O–H groups in total. The Balaban J connectivity index is 2.36. The van der Waals surface area contributed by atoms with E-state index in [0.717, 1.165) is 13.0 Å². The molecule has 0 radical (unpaired) electrons. The van der Waals surface area contributed by atoms with Crippen molar-refractivity contribution in [1.29, 1.82) is 0 Å². The van der Waals surface area contributed by atoms with Crippen LogP contribution in [0.1, 0.15) is 49.3 Å². The Kier molecular flexibility index (Phi) is 3.34. The quantitative estimate of drug-likeness (QED) is 0.825. The molecule has 0 aliphatic heterocycles. The molecule has 1 fully saturated rings. The molecule has 1 aliphatic carbocycles. The summed E-state index contributed by atoms with van der Waals surface area (Å²) in [5, 5.41) is 0. The molecule has 0 heterocycles. The lowest BCUT2D eigenvalue weighted by Gasteiger charge is -2.28. The molecule has 1 aromatic rings. The molecular weight excluding hydrogens is 194 g/mol. The molecule has 0 saturated heterocycles. The van der Waals surface area contributed by atoms with Crippen LogP contribution in [0.2, 0.25) is 0 Å². The second-order valence-electron chi connectivity index (χ2n) is 5.19. The van der Waals surface area contributed by atoms with Crippen molar-refractivity contribution in [2.75, 3.05) is 6.54 Å². The third-order valence-corrected chi connectivity index (χ3v) is 4.29. The van der Waals surface area contributed by atoms with Gasteiger partial charge in [-0.25, -0.2) is 0 Å². The van der Waals surface area contributed by atoms with Crippen LogP contribution in [-0.2, 0) is 11.8 Å². The third kappa shape index (κ3) is 1.89. The maximum absolute atomic E-state index is 6.02. The van der Waals surface area contributed by atoms with Gasteiger partial charge in [0.2, 0.25) is 0 Å². The van der Waals surface area contributed by atoms with Gasteiger partial charge in [-0.1, -0.05) is 38.0 Å². The van der Waals surface area contributed by atoms with Gasteiger partial charge in [-0.3, -0.25) is 0 Å². The summed E-state index contributed by atoms with van der Waals surface area (Å²) in [7, 11) is 0. The van der Waals surface area contributed by atoms with Crippen molar-refractivity contribution in [3.63, 3.8) is 0 Å². The first-order valence-corrected chi connectivity index (χ1v) is 6.52. The number of hydrogen-bond donors (Lipinski definition) is 1. The second kappa shape index (κ2) is 4.58. The van der Waals surface area contributed by atoms with Gasteiger partial charge in [0.05, 0.1) is 0 Å². The smallest absolute Gasteiger partial charge is 0.00756 e. The van der Waals surface area contributed by atoms with E-state index >= 15 is 0 Å². The lowest BCUT2D eigenvalue weighted by molar-refractivity contribution is 0.452. The van der Waals surface area contributed by atoms with E-state index in [1.165, 1.54) is 42.4 Å². The van der Waals surface area contributed by atoms with Crippen LogP contribution in [0.4, 0.5) is 0 Å². The lowest BCUT2D eigenvalue weighted by Crippen LogP contribution is -2.32. The number of rotatable bonds is 3. The first-order chi connectivity index (χ1) is 7.72. The molecule has 2 rings (SSSR count). The topological polar surface area (TPSA) is 26.0 Å². The molecule has 1 saturated carbocycles. The fourth-order valence-electron chi connectivity index (χ4n) is 3.08. The molecule has 88 valence electrons. The molecule has 0 spiro atoms. The highest BCUT2D eigenvalue weighted by Gasteiger charge is 2.34. The number of nitrogens with two attached hydrogens (primary N) is 1. The highest BCUT2D eigenvalue weighted by Crippen LogP contribution is 2.40. The van der Waals surface area contributed by atoms with Gasteiger partial charge in [0.25, 0.3) is 0 Å². The van der Waals surface area contributed by atoms with E-state index in [-0.39, 0.29) is 5.41 Å². The van der Waals surface area contributed by atoms with Crippen LogP contribution in [0.3, 0.4) is 0 Å². The summed E-state index contributed by atoms with van der Waals surface area (Å²) in [6.07, 6.45) is 6.35. The monoisotopic (exact) mass is 217 g/mol. The van der Waals surface area contributed by atoms with Gasteiger partial charge in [0, 0.05) is 12.0 Å². The van der Waals surface area contributed by atoms with Crippen molar-refractivity contribution in [1.82, 2.24) is 0 Å². The highest BCUT2D eigenvalue weighted by molar-refractivity contribution is 5.36.